The summed E-state index contributed by atoms with van der Waals surface area (Å²) in [4.78, 5) is 0. The van der Waals surface area contributed by atoms with Gasteiger partial charge in [-0.25, -0.2) is 0 Å². The number of phenolic OH excluding ortho intramolecular Hbond substituents is 1. The molecule has 1 heterocycles. The first-order chi connectivity index (χ1) is 9.26. The molecular formula is C16H16N2O. The first kappa shape index (κ1) is 11.7. The Bertz CT molecular complexity index is 617. The lowest BCUT2D eigenvalue weighted by molar-refractivity contribution is 0.475. The lowest BCUT2D eigenvalue weighted by Crippen LogP contribution is -2.12. The third kappa shape index (κ3) is 2.27. The monoisotopic (exact) mass is 252 g/mol. The Hall–Kier alpha value is -2.42. The van der Waals surface area contributed by atoms with E-state index in [0.29, 0.717) is 0 Å². The number of hydrogen-bond donors (Lipinski definition) is 3. The fraction of sp³-hybridized carbons (Fsp3) is 0.125. The van der Waals surface area contributed by atoms with Crippen LogP contribution < -0.4 is 10.6 Å². The van der Waals surface area contributed by atoms with E-state index in [9.17, 15) is 5.11 Å². The van der Waals surface area contributed by atoms with Crippen molar-refractivity contribution >= 4 is 17.5 Å². The molecule has 3 heteroatoms. The maximum atomic E-state index is 9.54. The van der Waals surface area contributed by atoms with E-state index in [1.807, 2.05) is 13.1 Å². The molecule has 2 aromatic carbocycles. The highest BCUT2D eigenvalue weighted by Crippen LogP contribution is 2.32. The summed E-state index contributed by atoms with van der Waals surface area (Å²) < 4.78 is 0. The lowest BCUT2D eigenvalue weighted by atomic mass is 9.99. The average molecular weight is 252 g/mol. The van der Waals surface area contributed by atoms with Crippen LogP contribution in [0.25, 0.3) is 6.08 Å². The molecular weight excluding hydrogens is 236 g/mol. The van der Waals surface area contributed by atoms with Crippen LogP contribution in [0.5, 0.6) is 5.75 Å². The molecule has 0 amide bonds. The van der Waals surface area contributed by atoms with Crippen LogP contribution >= 0.6 is 0 Å². The fourth-order valence-electron chi connectivity index (χ4n) is 2.28. The number of anilines is 2. The van der Waals surface area contributed by atoms with E-state index >= 15 is 0 Å². The van der Waals surface area contributed by atoms with Gasteiger partial charge >= 0.3 is 0 Å². The van der Waals surface area contributed by atoms with Crippen molar-refractivity contribution < 1.29 is 5.11 Å². The van der Waals surface area contributed by atoms with Crippen LogP contribution in [0.1, 0.15) is 17.2 Å². The second kappa shape index (κ2) is 4.69. The Morgan fingerprint density at radius 2 is 1.89 bits per heavy atom. The summed E-state index contributed by atoms with van der Waals surface area (Å²) in [6.45, 7) is 0. The van der Waals surface area contributed by atoms with Crippen LogP contribution in [-0.2, 0) is 0 Å². The minimum Gasteiger partial charge on any atom is -0.508 e. The van der Waals surface area contributed by atoms with Gasteiger partial charge in [0.2, 0.25) is 0 Å². The Morgan fingerprint density at radius 3 is 2.63 bits per heavy atom. The molecule has 0 bridgehead atoms. The number of benzene rings is 2. The van der Waals surface area contributed by atoms with Crippen molar-refractivity contribution in [3.8, 4) is 5.75 Å². The molecule has 3 rings (SSSR count). The van der Waals surface area contributed by atoms with Gasteiger partial charge < -0.3 is 15.7 Å². The van der Waals surface area contributed by atoms with Gasteiger partial charge in [0.05, 0.1) is 6.04 Å². The van der Waals surface area contributed by atoms with Crippen molar-refractivity contribution in [2.75, 3.05) is 17.7 Å². The molecule has 0 aromatic heterocycles. The van der Waals surface area contributed by atoms with Crippen molar-refractivity contribution in [1.29, 1.82) is 0 Å². The van der Waals surface area contributed by atoms with E-state index in [1.54, 1.807) is 12.1 Å². The average Bonchev–Trinajstić information content (AvgIpc) is 2.46. The number of nitrogens with one attached hydrogen (secondary N) is 2. The van der Waals surface area contributed by atoms with E-state index in [2.05, 4.69) is 47.1 Å². The number of hydrogen-bond acceptors (Lipinski definition) is 3. The number of rotatable bonds is 2. The van der Waals surface area contributed by atoms with Gasteiger partial charge in [-0.2, -0.15) is 0 Å². The molecule has 1 aliphatic rings. The Labute approximate surface area is 112 Å². The van der Waals surface area contributed by atoms with E-state index in [1.165, 1.54) is 5.56 Å². The maximum Gasteiger partial charge on any atom is 0.117 e. The van der Waals surface area contributed by atoms with Gasteiger partial charge in [0, 0.05) is 24.5 Å². The van der Waals surface area contributed by atoms with Crippen molar-refractivity contribution in [3.05, 3.63) is 59.7 Å². The Morgan fingerprint density at radius 1 is 1.11 bits per heavy atom. The summed E-state index contributed by atoms with van der Waals surface area (Å²) >= 11 is 0. The summed E-state index contributed by atoms with van der Waals surface area (Å²) in [5.41, 5.74) is 4.36. The van der Waals surface area contributed by atoms with Gasteiger partial charge in [-0.05, 0) is 35.4 Å². The molecule has 96 valence electrons. The third-order valence-corrected chi connectivity index (χ3v) is 3.37. The minimum absolute atomic E-state index is 0.139. The first-order valence-electron chi connectivity index (χ1n) is 6.32. The van der Waals surface area contributed by atoms with Crippen molar-refractivity contribution in [2.24, 2.45) is 0 Å². The Kier molecular flexibility index (Phi) is 2.88. The molecule has 0 fully saturated rings. The Balaban J connectivity index is 1.88. The molecule has 2 aromatic rings. The predicted octanol–water partition coefficient (Wildman–Crippen LogP) is 3.61. The molecule has 0 spiro atoms. The van der Waals surface area contributed by atoms with Crippen LogP contribution in [0.4, 0.5) is 11.4 Å². The van der Waals surface area contributed by atoms with Crippen molar-refractivity contribution in [2.45, 2.75) is 6.04 Å². The molecule has 19 heavy (non-hydrogen) atoms. The molecule has 0 radical (unpaired) electrons. The highest BCUT2D eigenvalue weighted by Gasteiger charge is 2.14. The van der Waals surface area contributed by atoms with E-state index in [-0.39, 0.29) is 11.8 Å². The zero-order valence-electron chi connectivity index (χ0n) is 10.7. The molecule has 3 N–H and O–H groups in total. The van der Waals surface area contributed by atoms with Crippen molar-refractivity contribution in [3.63, 3.8) is 0 Å². The van der Waals surface area contributed by atoms with E-state index in [0.717, 1.165) is 16.9 Å². The summed E-state index contributed by atoms with van der Waals surface area (Å²) in [5.74, 6) is 0.283. The molecule has 1 aliphatic heterocycles. The molecule has 0 unspecified atom stereocenters. The number of aromatic hydroxyl groups is 1. The summed E-state index contributed by atoms with van der Waals surface area (Å²) in [5, 5.41) is 16.1. The lowest BCUT2D eigenvalue weighted by Gasteiger charge is -2.23. The first-order valence-corrected chi connectivity index (χ1v) is 6.32. The highest BCUT2D eigenvalue weighted by atomic mass is 16.3. The molecule has 0 saturated carbocycles. The second-order valence-corrected chi connectivity index (χ2v) is 4.62. The predicted molar refractivity (Wildman–Crippen MR) is 79.5 cm³/mol. The van der Waals surface area contributed by atoms with E-state index < -0.39 is 0 Å². The van der Waals surface area contributed by atoms with Crippen LogP contribution in [-0.4, -0.2) is 12.2 Å². The van der Waals surface area contributed by atoms with Gasteiger partial charge in [-0.15, -0.1) is 0 Å². The maximum absolute atomic E-state index is 9.54. The van der Waals surface area contributed by atoms with Gasteiger partial charge in [-0.1, -0.05) is 24.3 Å². The highest BCUT2D eigenvalue weighted by molar-refractivity contribution is 5.73. The summed E-state index contributed by atoms with van der Waals surface area (Å²) in [7, 11) is 1.91. The second-order valence-electron chi connectivity index (χ2n) is 4.62. The van der Waals surface area contributed by atoms with Crippen LogP contribution in [0.15, 0.2) is 48.5 Å². The molecule has 1 atom stereocenters. The molecule has 0 saturated heterocycles. The van der Waals surface area contributed by atoms with Gasteiger partial charge in [0.15, 0.2) is 0 Å². The van der Waals surface area contributed by atoms with Gasteiger partial charge in [0.25, 0.3) is 0 Å². The zero-order valence-corrected chi connectivity index (χ0v) is 10.7. The molecule has 3 nitrogen and oxygen atoms in total. The van der Waals surface area contributed by atoms with Gasteiger partial charge in [-0.3, -0.25) is 0 Å². The summed E-state index contributed by atoms with van der Waals surface area (Å²) in [6, 6.07) is 13.8. The normalized spacial score (nSPS) is 16.6. The standard InChI is InChI=1S/C16H16N2O/c1-17-13-6-2-11(3-7-13)15-9-5-12-4-8-14(19)10-16(12)18-15/h2-10,15,17-19H,1H3/t15-/m0/s1. The minimum atomic E-state index is 0.139. The fourth-order valence-corrected chi connectivity index (χ4v) is 2.28. The summed E-state index contributed by atoms with van der Waals surface area (Å²) in [6.07, 6.45) is 4.22. The topological polar surface area (TPSA) is 44.3 Å². The number of fused-ring (bicyclic) bond motifs is 1. The van der Waals surface area contributed by atoms with Crippen LogP contribution in [0, 0.1) is 0 Å². The molecule has 0 aliphatic carbocycles. The number of phenols is 1. The largest absolute Gasteiger partial charge is 0.508 e. The van der Waals surface area contributed by atoms with Crippen LogP contribution in [0.3, 0.4) is 0 Å². The smallest absolute Gasteiger partial charge is 0.117 e. The van der Waals surface area contributed by atoms with Crippen LogP contribution in [0.2, 0.25) is 0 Å². The van der Waals surface area contributed by atoms with Crippen molar-refractivity contribution in [1.82, 2.24) is 0 Å². The van der Waals surface area contributed by atoms with Gasteiger partial charge in [0.1, 0.15) is 5.75 Å². The van der Waals surface area contributed by atoms with E-state index in [4.69, 9.17) is 0 Å². The quantitative estimate of drug-likeness (QED) is 0.765. The third-order valence-electron chi connectivity index (χ3n) is 3.37. The zero-order chi connectivity index (χ0) is 13.2. The SMILES string of the molecule is CNc1ccc([C@@H]2C=Cc3ccc(O)cc3N2)cc1.